The predicted molar refractivity (Wildman–Crippen MR) is 55.1 cm³/mol. The van der Waals surface area contributed by atoms with E-state index in [0.29, 0.717) is 18.4 Å². The van der Waals surface area contributed by atoms with Gasteiger partial charge in [0.15, 0.2) is 5.78 Å². The Morgan fingerprint density at radius 2 is 2.19 bits per heavy atom. The van der Waals surface area contributed by atoms with E-state index >= 15 is 0 Å². The number of hydrogen-bond acceptors (Lipinski definition) is 3. The van der Waals surface area contributed by atoms with E-state index in [1.807, 2.05) is 0 Å². The van der Waals surface area contributed by atoms with Crippen molar-refractivity contribution in [1.29, 1.82) is 0 Å². The van der Waals surface area contributed by atoms with Crippen molar-refractivity contribution in [1.82, 2.24) is 0 Å². The number of benzene rings is 1. The molecule has 0 saturated carbocycles. The van der Waals surface area contributed by atoms with Crippen LogP contribution in [0.15, 0.2) is 12.1 Å². The molecule has 0 unspecified atom stereocenters. The van der Waals surface area contributed by atoms with Crippen molar-refractivity contribution in [2.24, 2.45) is 0 Å². The standard InChI is InChI=1S/C11H10FNO3/c1-16-11(15)13-9-4-6-2-3-10(14)7(6)5-8(9)12/h4-5H,2-3H2,1H3,(H,13,15). The van der Waals surface area contributed by atoms with Crippen LogP contribution in [-0.4, -0.2) is 19.0 Å². The Hall–Kier alpha value is -1.91. The number of nitrogens with one attached hydrogen (secondary N) is 1. The number of Topliss-reactive ketones (excluding diaryl/α,β-unsaturated/α-hetero) is 1. The average molecular weight is 223 g/mol. The van der Waals surface area contributed by atoms with E-state index in [1.54, 1.807) is 0 Å². The highest BCUT2D eigenvalue weighted by Gasteiger charge is 2.22. The molecule has 5 heteroatoms. The molecule has 0 atom stereocenters. The van der Waals surface area contributed by atoms with E-state index in [-0.39, 0.29) is 11.5 Å². The molecule has 2 rings (SSSR count). The number of amides is 1. The lowest BCUT2D eigenvalue weighted by atomic mass is 10.1. The molecule has 0 spiro atoms. The van der Waals surface area contributed by atoms with Crippen LogP contribution in [0.25, 0.3) is 0 Å². The predicted octanol–water partition coefficient (Wildman–Crippen LogP) is 2.13. The third kappa shape index (κ3) is 1.76. The lowest BCUT2D eigenvalue weighted by molar-refractivity contribution is 0.0994. The minimum Gasteiger partial charge on any atom is -0.453 e. The van der Waals surface area contributed by atoms with Crippen molar-refractivity contribution in [2.45, 2.75) is 12.8 Å². The zero-order valence-corrected chi connectivity index (χ0v) is 8.67. The van der Waals surface area contributed by atoms with Gasteiger partial charge < -0.3 is 4.74 Å². The van der Waals surface area contributed by atoms with Crippen LogP contribution in [0.2, 0.25) is 0 Å². The highest BCUT2D eigenvalue weighted by molar-refractivity contribution is 6.01. The Bertz CT molecular complexity index is 471. The Morgan fingerprint density at radius 3 is 2.88 bits per heavy atom. The van der Waals surface area contributed by atoms with Crippen molar-refractivity contribution in [3.63, 3.8) is 0 Å². The highest BCUT2D eigenvalue weighted by atomic mass is 19.1. The fraction of sp³-hybridized carbons (Fsp3) is 0.273. The summed E-state index contributed by atoms with van der Waals surface area (Å²) in [4.78, 5) is 22.3. The van der Waals surface area contributed by atoms with Crippen molar-refractivity contribution in [3.05, 3.63) is 29.1 Å². The second kappa shape index (κ2) is 3.92. The van der Waals surface area contributed by atoms with Crippen molar-refractivity contribution in [3.8, 4) is 0 Å². The normalized spacial score (nSPS) is 13.5. The number of hydrogen-bond donors (Lipinski definition) is 1. The first-order valence-corrected chi connectivity index (χ1v) is 4.82. The highest BCUT2D eigenvalue weighted by Crippen LogP contribution is 2.27. The number of carbonyl (C=O) groups is 2. The second-order valence-corrected chi connectivity index (χ2v) is 3.53. The first-order valence-electron chi connectivity index (χ1n) is 4.82. The molecule has 1 aliphatic carbocycles. The van der Waals surface area contributed by atoms with Crippen LogP contribution in [0.5, 0.6) is 0 Å². The molecule has 1 aromatic carbocycles. The molecular formula is C11H10FNO3. The summed E-state index contributed by atoms with van der Waals surface area (Å²) >= 11 is 0. The van der Waals surface area contributed by atoms with Crippen molar-refractivity contribution >= 4 is 17.6 Å². The SMILES string of the molecule is COC(=O)Nc1cc2c(cc1F)C(=O)CC2. The molecule has 4 nitrogen and oxygen atoms in total. The minimum atomic E-state index is -0.733. The smallest absolute Gasteiger partial charge is 0.411 e. The van der Waals surface area contributed by atoms with Crippen LogP contribution in [0.4, 0.5) is 14.9 Å². The van der Waals surface area contributed by atoms with Crippen LogP contribution >= 0.6 is 0 Å². The Morgan fingerprint density at radius 1 is 1.44 bits per heavy atom. The summed E-state index contributed by atoms with van der Waals surface area (Å²) in [5.41, 5.74) is 1.21. The van der Waals surface area contributed by atoms with E-state index in [1.165, 1.54) is 13.2 Å². The van der Waals surface area contributed by atoms with Gasteiger partial charge in [-0.15, -0.1) is 0 Å². The molecule has 0 aliphatic heterocycles. The lowest BCUT2D eigenvalue weighted by Crippen LogP contribution is -2.12. The van der Waals surface area contributed by atoms with Gasteiger partial charge in [-0.3, -0.25) is 10.1 Å². The summed E-state index contributed by atoms with van der Waals surface area (Å²) in [5.74, 6) is -0.682. The third-order valence-corrected chi connectivity index (χ3v) is 2.54. The number of halogens is 1. The molecule has 0 fully saturated rings. The van der Waals surface area contributed by atoms with Gasteiger partial charge in [-0.2, -0.15) is 0 Å². The second-order valence-electron chi connectivity index (χ2n) is 3.53. The number of carbonyl (C=O) groups excluding carboxylic acids is 2. The minimum absolute atomic E-state index is 0.0419. The zero-order chi connectivity index (χ0) is 11.7. The average Bonchev–Trinajstić information content (AvgIpc) is 2.61. The fourth-order valence-corrected chi connectivity index (χ4v) is 1.72. The van der Waals surface area contributed by atoms with Gasteiger partial charge in [0.1, 0.15) is 5.82 Å². The van der Waals surface area contributed by atoms with Crippen molar-refractivity contribution < 1.29 is 18.7 Å². The van der Waals surface area contributed by atoms with E-state index < -0.39 is 11.9 Å². The number of methoxy groups -OCH3 is 1. The molecule has 0 heterocycles. The zero-order valence-electron chi connectivity index (χ0n) is 8.67. The largest absolute Gasteiger partial charge is 0.453 e. The van der Waals surface area contributed by atoms with E-state index in [0.717, 1.165) is 11.6 Å². The molecule has 0 aromatic heterocycles. The molecule has 1 amide bonds. The summed E-state index contributed by atoms with van der Waals surface area (Å²) in [7, 11) is 1.20. The van der Waals surface area contributed by atoms with Gasteiger partial charge in [0.05, 0.1) is 12.8 Å². The quantitative estimate of drug-likeness (QED) is 0.793. The van der Waals surface area contributed by atoms with Gasteiger partial charge >= 0.3 is 6.09 Å². The number of ether oxygens (including phenoxy) is 1. The van der Waals surface area contributed by atoms with E-state index in [2.05, 4.69) is 10.1 Å². The Balaban J connectivity index is 2.35. The van der Waals surface area contributed by atoms with Gasteiger partial charge in [0.2, 0.25) is 0 Å². The summed E-state index contributed by atoms with van der Waals surface area (Å²) < 4.78 is 17.9. The first kappa shape index (κ1) is 10.6. The van der Waals surface area contributed by atoms with Crippen LogP contribution < -0.4 is 5.32 Å². The van der Waals surface area contributed by atoms with Gasteiger partial charge in [0, 0.05) is 12.0 Å². The van der Waals surface area contributed by atoms with Crippen LogP contribution in [-0.2, 0) is 11.2 Å². The maximum Gasteiger partial charge on any atom is 0.411 e. The molecule has 1 N–H and O–H groups in total. The van der Waals surface area contributed by atoms with Gasteiger partial charge in [-0.25, -0.2) is 9.18 Å². The summed E-state index contributed by atoms with van der Waals surface area (Å²) in [6.07, 6.45) is 0.254. The number of anilines is 1. The molecule has 1 aliphatic rings. The first-order chi connectivity index (χ1) is 7.61. The maximum absolute atomic E-state index is 13.5. The molecule has 0 radical (unpaired) electrons. The molecule has 0 bridgehead atoms. The molecule has 84 valence electrons. The number of ketones is 1. The third-order valence-electron chi connectivity index (χ3n) is 2.54. The van der Waals surface area contributed by atoms with E-state index in [9.17, 15) is 14.0 Å². The van der Waals surface area contributed by atoms with Gasteiger partial charge in [-0.05, 0) is 24.1 Å². The monoisotopic (exact) mass is 223 g/mol. The Labute approximate surface area is 91.4 Å². The number of rotatable bonds is 1. The van der Waals surface area contributed by atoms with Crippen LogP contribution in [0.1, 0.15) is 22.3 Å². The van der Waals surface area contributed by atoms with Gasteiger partial charge in [0.25, 0.3) is 0 Å². The number of fused-ring (bicyclic) bond motifs is 1. The molecular weight excluding hydrogens is 213 g/mol. The fourth-order valence-electron chi connectivity index (χ4n) is 1.72. The van der Waals surface area contributed by atoms with E-state index in [4.69, 9.17) is 0 Å². The van der Waals surface area contributed by atoms with Crippen molar-refractivity contribution in [2.75, 3.05) is 12.4 Å². The Kier molecular flexibility index (Phi) is 2.60. The summed E-state index contributed by atoms with van der Waals surface area (Å²) in [6, 6.07) is 2.64. The summed E-state index contributed by atoms with van der Waals surface area (Å²) in [5, 5.41) is 2.26. The van der Waals surface area contributed by atoms with Crippen LogP contribution in [0, 0.1) is 5.82 Å². The molecule has 16 heavy (non-hydrogen) atoms. The molecule has 0 saturated heterocycles. The molecule has 1 aromatic rings. The topological polar surface area (TPSA) is 55.4 Å². The van der Waals surface area contributed by atoms with Gasteiger partial charge in [-0.1, -0.05) is 0 Å². The lowest BCUT2D eigenvalue weighted by Gasteiger charge is -2.07. The summed E-state index contributed by atoms with van der Waals surface area (Å²) in [6.45, 7) is 0. The van der Waals surface area contributed by atoms with Crippen LogP contribution in [0.3, 0.4) is 0 Å². The number of aryl methyl sites for hydroxylation is 1. The maximum atomic E-state index is 13.5.